The summed E-state index contributed by atoms with van der Waals surface area (Å²) in [5.41, 5.74) is 0.793. The van der Waals surface area contributed by atoms with Crippen LogP contribution in [0, 0.1) is 0 Å². The first-order chi connectivity index (χ1) is 10.3. The normalized spacial score (nSPS) is 33.5. The van der Waals surface area contributed by atoms with Crippen molar-refractivity contribution in [3.8, 4) is 0 Å². The third-order valence-corrected chi connectivity index (χ3v) is 5.32. The molecule has 0 spiro atoms. The number of hydrogen-bond donors (Lipinski definition) is 1. The van der Waals surface area contributed by atoms with Crippen LogP contribution >= 0.6 is 0 Å². The Balaban J connectivity index is 1.77. The molecule has 0 aromatic heterocycles. The minimum Gasteiger partial charge on any atom is -0.378 e. The fourth-order valence-electron chi connectivity index (χ4n) is 4.06. The largest absolute Gasteiger partial charge is 0.378 e. The molecule has 1 N–H and O–H groups in total. The molecular formula is C16H28N4O. The fraction of sp³-hybridized carbons (Fsp3) is 0.875. The molecule has 0 aromatic carbocycles. The zero-order valence-corrected chi connectivity index (χ0v) is 13.2. The van der Waals surface area contributed by atoms with Gasteiger partial charge in [-0.05, 0) is 39.4 Å². The second-order valence-electron chi connectivity index (χ2n) is 6.68. The number of nitrogens with zero attached hydrogens (tertiary/aromatic N) is 3. The van der Waals surface area contributed by atoms with Crippen LogP contribution in [0.4, 0.5) is 0 Å². The predicted octanol–water partition coefficient (Wildman–Crippen LogP) is 0.166. The maximum atomic E-state index is 11.4. The molecule has 2 atom stereocenters. The second kappa shape index (κ2) is 6.93. The maximum Gasteiger partial charge on any atom is 0.147 e. The van der Waals surface area contributed by atoms with E-state index in [9.17, 15) is 4.79 Å². The standard InChI is InChI=1S/C16H28N4O/c1-18-9-11-20(12-10-18)16-14(13-21)17-6-5-15(16)19-7-3-2-4-8-19/h15-17H,2-12H2,1H3. The quantitative estimate of drug-likeness (QED) is 0.735. The van der Waals surface area contributed by atoms with Crippen molar-refractivity contribution in [2.75, 3.05) is 52.9 Å². The van der Waals surface area contributed by atoms with Gasteiger partial charge in [0.1, 0.15) is 11.6 Å². The molecule has 2 unspecified atom stereocenters. The molecule has 0 aliphatic carbocycles. The lowest BCUT2D eigenvalue weighted by Gasteiger charge is -2.48. The first kappa shape index (κ1) is 15.0. The Morgan fingerprint density at radius 3 is 2.38 bits per heavy atom. The van der Waals surface area contributed by atoms with E-state index in [2.05, 4.69) is 33.0 Å². The van der Waals surface area contributed by atoms with Crippen molar-refractivity contribution in [1.82, 2.24) is 20.0 Å². The van der Waals surface area contributed by atoms with Crippen LogP contribution in [0.1, 0.15) is 25.7 Å². The van der Waals surface area contributed by atoms with E-state index in [0.29, 0.717) is 6.04 Å². The highest BCUT2D eigenvalue weighted by atomic mass is 16.1. The molecule has 3 heterocycles. The lowest BCUT2D eigenvalue weighted by Crippen LogP contribution is -2.62. The molecule has 118 valence electrons. The van der Waals surface area contributed by atoms with Crippen molar-refractivity contribution in [3.05, 3.63) is 5.70 Å². The summed E-state index contributed by atoms with van der Waals surface area (Å²) in [5, 5.41) is 3.31. The lowest BCUT2D eigenvalue weighted by atomic mass is 9.92. The van der Waals surface area contributed by atoms with E-state index < -0.39 is 0 Å². The Morgan fingerprint density at radius 2 is 1.71 bits per heavy atom. The summed E-state index contributed by atoms with van der Waals surface area (Å²) < 4.78 is 0. The van der Waals surface area contributed by atoms with E-state index in [0.717, 1.165) is 44.8 Å². The average molecular weight is 292 g/mol. The SMILES string of the molecule is CN1CCN(C2C(=C=O)NCCC2N2CCCCC2)CC1. The van der Waals surface area contributed by atoms with E-state index in [1.807, 2.05) is 0 Å². The van der Waals surface area contributed by atoms with Gasteiger partial charge in [0.2, 0.25) is 0 Å². The summed E-state index contributed by atoms with van der Waals surface area (Å²) in [6.45, 7) is 7.60. The predicted molar refractivity (Wildman–Crippen MR) is 83.9 cm³/mol. The molecule has 0 bridgehead atoms. The van der Waals surface area contributed by atoms with Gasteiger partial charge in [0.25, 0.3) is 0 Å². The molecule has 5 nitrogen and oxygen atoms in total. The van der Waals surface area contributed by atoms with Gasteiger partial charge in [0.15, 0.2) is 0 Å². The van der Waals surface area contributed by atoms with Gasteiger partial charge in [0.05, 0.1) is 6.04 Å². The molecular weight excluding hydrogens is 264 g/mol. The number of carbonyl (C=O) groups excluding carboxylic acids is 1. The Morgan fingerprint density at radius 1 is 1.00 bits per heavy atom. The monoisotopic (exact) mass is 292 g/mol. The molecule has 3 fully saturated rings. The zero-order valence-electron chi connectivity index (χ0n) is 13.2. The van der Waals surface area contributed by atoms with Gasteiger partial charge in [-0.2, -0.15) is 0 Å². The molecule has 3 rings (SSSR count). The summed E-state index contributed by atoms with van der Waals surface area (Å²) in [6, 6.07) is 0.717. The van der Waals surface area contributed by atoms with Crippen LogP contribution < -0.4 is 5.32 Å². The molecule has 5 heteroatoms. The summed E-state index contributed by atoms with van der Waals surface area (Å²) in [7, 11) is 2.18. The number of piperidine rings is 2. The van der Waals surface area contributed by atoms with Crippen LogP contribution in [0.25, 0.3) is 0 Å². The molecule has 21 heavy (non-hydrogen) atoms. The Kier molecular flexibility index (Phi) is 4.96. The number of likely N-dealkylation sites (tertiary alicyclic amines) is 1. The van der Waals surface area contributed by atoms with E-state index >= 15 is 0 Å². The first-order valence-corrected chi connectivity index (χ1v) is 8.45. The van der Waals surface area contributed by atoms with Gasteiger partial charge in [-0.15, -0.1) is 0 Å². The Labute approximate surface area is 127 Å². The summed E-state index contributed by atoms with van der Waals surface area (Å²) in [6.07, 6.45) is 5.11. The molecule has 3 aliphatic heterocycles. The minimum atomic E-state index is 0.225. The zero-order chi connectivity index (χ0) is 14.7. The second-order valence-corrected chi connectivity index (χ2v) is 6.68. The number of rotatable bonds is 2. The average Bonchev–Trinajstić information content (AvgIpc) is 2.56. The van der Waals surface area contributed by atoms with Crippen molar-refractivity contribution in [1.29, 1.82) is 0 Å². The molecule has 3 saturated heterocycles. The van der Waals surface area contributed by atoms with Crippen molar-refractivity contribution < 1.29 is 4.79 Å². The first-order valence-electron chi connectivity index (χ1n) is 8.45. The number of nitrogens with one attached hydrogen (secondary N) is 1. The van der Waals surface area contributed by atoms with Gasteiger partial charge in [0, 0.05) is 38.8 Å². The molecule has 0 amide bonds. The van der Waals surface area contributed by atoms with Crippen molar-refractivity contribution in [2.45, 2.75) is 37.8 Å². The highest BCUT2D eigenvalue weighted by Gasteiger charge is 2.39. The van der Waals surface area contributed by atoms with Gasteiger partial charge in [-0.3, -0.25) is 9.80 Å². The van der Waals surface area contributed by atoms with Gasteiger partial charge < -0.3 is 10.2 Å². The smallest absolute Gasteiger partial charge is 0.147 e. The third kappa shape index (κ3) is 3.32. The van der Waals surface area contributed by atoms with Crippen molar-refractivity contribution in [2.24, 2.45) is 0 Å². The highest BCUT2D eigenvalue weighted by Crippen LogP contribution is 2.26. The van der Waals surface area contributed by atoms with Crippen molar-refractivity contribution in [3.63, 3.8) is 0 Å². The van der Waals surface area contributed by atoms with E-state index in [4.69, 9.17) is 0 Å². The van der Waals surface area contributed by atoms with Gasteiger partial charge in [-0.1, -0.05) is 6.42 Å². The van der Waals surface area contributed by atoms with Crippen LogP contribution in [-0.2, 0) is 4.79 Å². The van der Waals surface area contributed by atoms with E-state index in [1.165, 1.54) is 32.4 Å². The van der Waals surface area contributed by atoms with Crippen LogP contribution in [0.15, 0.2) is 5.70 Å². The lowest BCUT2D eigenvalue weighted by molar-refractivity contribution is 0.0388. The number of likely N-dealkylation sites (N-methyl/N-ethyl adjacent to an activating group) is 1. The van der Waals surface area contributed by atoms with Gasteiger partial charge in [-0.25, -0.2) is 4.79 Å². The van der Waals surface area contributed by atoms with Crippen LogP contribution in [0.3, 0.4) is 0 Å². The maximum absolute atomic E-state index is 11.4. The topological polar surface area (TPSA) is 38.8 Å². The Hall–Kier alpha value is -0.870. The molecule has 3 aliphatic rings. The van der Waals surface area contributed by atoms with Gasteiger partial charge >= 0.3 is 0 Å². The number of piperazine rings is 1. The van der Waals surface area contributed by atoms with Crippen molar-refractivity contribution >= 4 is 5.94 Å². The molecule has 0 aromatic rings. The third-order valence-electron chi connectivity index (χ3n) is 5.32. The highest BCUT2D eigenvalue weighted by molar-refractivity contribution is 5.54. The molecule has 0 radical (unpaired) electrons. The summed E-state index contributed by atoms with van der Waals surface area (Å²) in [5.74, 6) is 2.21. The number of hydrogen-bond acceptors (Lipinski definition) is 5. The van der Waals surface area contributed by atoms with Crippen LogP contribution in [0.2, 0.25) is 0 Å². The van der Waals surface area contributed by atoms with E-state index in [-0.39, 0.29) is 6.04 Å². The van der Waals surface area contributed by atoms with Crippen LogP contribution in [0.5, 0.6) is 0 Å². The Bertz CT molecular complexity index is 393. The summed E-state index contributed by atoms with van der Waals surface area (Å²) >= 11 is 0. The molecule has 0 saturated carbocycles. The fourth-order valence-corrected chi connectivity index (χ4v) is 4.06. The van der Waals surface area contributed by atoms with E-state index in [1.54, 1.807) is 0 Å². The van der Waals surface area contributed by atoms with Crippen LogP contribution in [-0.4, -0.2) is 85.6 Å². The summed E-state index contributed by atoms with van der Waals surface area (Å²) in [4.78, 5) is 18.9. The minimum absolute atomic E-state index is 0.225.